The number of amides is 3. The minimum absolute atomic E-state index is 0.0401. The standard InChI is InChI=1S/C22H27N3O3/c26-20(24-18-9-6-10-19-17(18)11-14-28-19)22(12-4-5-13-22)25-21(27)23-15-16-7-2-1-3-8-16/h1-3,7-8,11,14,18H,4-6,9-10,12-13,15H2,(H,24,26)(H2,23,25,27). The van der Waals surface area contributed by atoms with Gasteiger partial charge in [-0.1, -0.05) is 43.2 Å². The molecule has 3 N–H and O–H groups in total. The number of furan rings is 1. The summed E-state index contributed by atoms with van der Waals surface area (Å²) in [5.41, 5.74) is 1.26. The van der Waals surface area contributed by atoms with Crippen LogP contribution in [0, 0.1) is 0 Å². The average Bonchev–Trinajstić information content (AvgIpc) is 3.38. The van der Waals surface area contributed by atoms with Crippen molar-refractivity contribution in [3.8, 4) is 0 Å². The molecule has 1 aromatic carbocycles. The summed E-state index contributed by atoms with van der Waals surface area (Å²) in [5, 5.41) is 9.04. The number of benzene rings is 1. The van der Waals surface area contributed by atoms with E-state index in [2.05, 4.69) is 16.0 Å². The number of hydrogen-bond donors (Lipinski definition) is 3. The van der Waals surface area contributed by atoms with Gasteiger partial charge < -0.3 is 20.4 Å². The maximum Gasteiger partial charge on any atom is 0.315 e. The maximum atomic E-state index is 13.2. The van der Waals surface area contributed by atoms with Crippen LogP contribution in [-0.2, 0) is 17.8 Å². The Balaban J connectivity index is 1.40. The lowest BCUT2D eigenvalue weighted by Crippen LogP contribution is -2.59. The summed E-state index contributed by atoms with van der Waals surface area (Å²) < 4.78 is 5.53. The van der Waals surface area contributed by atoms with Crippen molar-refractivity contribution >= 4 is 11.9 Å². The van der Waals surface area contributed by atoms with Gasteiger partial charge in [-0.3, -0.25) is 4.79 Å². The Labute approximate surface area is 165 Å². The van der Waals surface area contributed by atoms with E-state index in [1.54, 1.807) is 6.26 Å². The van der Waals surface area contributed by atoms with E-state index in [9.17, 15) is 9.59 Å². The van der Waals surface area contributed by atoms with Gasteiger partial charge in [0.15, 0.2) is 0 Å². The van der Waals surface area contributed by atoms with Gasteiger partial charge in [0.1, 0.15) is 11.3 Å². The van der Waals surface area contributed by atoms with Gasteiger partial charge in [0.25, 0.3) is 0 Å². The maximum absolute atomic E-state index is 13.2. The molecule has 0 radical (unpaired) electrons. The number of nitrogens with one attached hydrogen (secondary N) is 3. The summed E-state index contributed by atoms with van der Waals surface area (Å²) in [5.74, 6) is 0.879. The first-order valence-corrected chi connectivity index (χ1v) is 10.1. The Morgan fingerprint density at radius 1 is 1.07 bits per heavy atom. The van der Waals surface area contributed by atoms with Crippen LogP contribution in [0.4, 0.5) is 4.79 Å². The molecule has 148 valence electrons. The van der Waals surface area contributed by atoms with Gasteiger partial charge in [0.05, 0.1) is 12.3 Å². The summed E-state index contributed by atoms with van der Waals surface area (Å²) in [7, 11) is 0. The SMILES string of the molecule is O=C(NCc1ccccc1)NC1(C(=O)NC2CCCc3occc32)CCCC1. The number of carbonyl (C=O) groups is 2. The van der Waals surface area contributed by atoms with E-state index in [0.717, 1.165) is 49.0 Å². The first-order chi connectivity index (χ1) is 13.7. The molecule has 1 unspecified atom stereocenters. The van der Waals surface area contributed by atoms with Crippen LogP contribution in [-0.4, -0.2) is 17.5 Å². The molecule has 1 atom stereocenters. The lowest BCUT2D eigenvalue weighted by molar-refractivity contribution is -0.128. The molecular formula is C22H27N3O3. The van der Waals surface area contributed by atoms with Crippen molar-refractivity contribution < 1.29 is 14.0 Å². The van der Waals surface area contributed by atoms with E-state index < -0.39 is 5.54 Å². The molecule has 0 bridgehead atoms. The predicted octanol–water partition coefficient (Wildman–Crippen LogP) is 3.59. The number of rotatable bonds is 5. The van der Waals surface area contributed by atoms with Gasteiger partial charge in [-0.05, 0) is 37.3 Å². The zero-order valence-corrected chi connectivity index (χ0v) is 16.0. The van der Waals surface area contributed by atoms with Crippen molar-refractivity contribution in [1.29, 1.82) is 0 Å². The lowest BCUT2D eigenvalue weighted by Gasteiger charge is -2.32. The molecule has 0 aliphatic heterocycles. The Hall–Kier alpha value is -2.76. The van der Waals surface area contributed by atoms with Crippen LogP contribution >= 0.6 is 0 Å². The van der Waals surface area contributed by atoms with Crippen molar-refractivity contribution in [2.75, 3.05) is 0 Å². The zero-order chi connectivity index (χ0) is 19.4. The van der Waals surface area contributed by atoms with Crippen LogP contribution < -0.4 is 16.0 Å². The normalized spacial score (nSPS) is 20.2. The summed E-state index contributed by atoms with van der Waals surface area (Å²) >= 11 is 0. The molecule has 1 heterocycles. The minimum atomic E-state index is -0.831. The third-order valence-electron chi connectivity index (χ3n) is 5.90. The fraction of sp³-hybridized carbons (Fsp3) is 0.455. The number of hydrogen-bond acceptors (Lipinski definition) is 3. The van der Waals surface area contributed by atoms with Gasteiger partial charge in [-0.25, -0.2) is 4.79 Å². The van der Waals surface area contributed by atoms with Gasteiger partial charge >= 0.3 is 6.03 Å². The van der Waals surface area contributed by atoms with Crippen molar-refractivity contribution in [2.24, 2.45) is 0 Å². The topological polar surface area (TPSA) is 83.4 Å². The van der Waals surface area contributed by atoms with E-state index in [1.165, 1.54) is 0 Å². The van der Waals surface area contributed by atoms with Crippen molar-refractivity contribution in [2.45, 2.75) is 63.1 Å². The van der Waals surface area contributed by atoms with Crippen LogP contribution in [0.15, 0.2) is 47.1 Å². The molecular weight excluding hydrogens is 354 g/mol. The highest BCUT2D eigenvalue weighted by Gasteiger charge is 2.43. The molecule has 0 spiro atoms. The fourth-order valence-corrected chi connectivity index (χ4v) is 4.36. The number of carbonyl (C=O) groups excluding carboxylic acids is 2. The molecule has 6 heteroatoms. The van der Waals surface area contributed by atoms with Crippen molar-refractivity contribution in [1.82, 2.24) is 16.0 Å². The molecule has 1 saturated carbocycles. The molecule has 2 aromatic rings. The third-order valence-corrected chi connectivity index (χ3v) is 5.90. The molecule has 2 aliphatic carbocycles. The summed E-state index contributed by atoms with van der Waals surface area (Å²) in [6, 6.07) is 11.4. The Bertz CT molecular complexity index is 825. The van der Waals surface area contributed by atoms with E-state index in [4.69, 9.17) is 4.42 Å². The highest BCUT2D eigenvalue weighted by molar-refractivity contribution is 5.91. The second-order valence-electron chi connectivity index (χ2n) is 7.80. The third kappa shape index (κ3) is 3.91. The molecule has 2 aliphatic rings. The number of urea groups is 1. The second-order valence-corrected chi connectivity index (χ2v) is 7.80. The van der Waals surface area contributed by atoms with Crippen LogP contribution in [0.5, 0.6) is 0 Å². The van der Waals surface area contributed by atoms with Crippen molar-refractivity contribution in [3.05, 3.63) is 59.5 Å². The van der Waals surface area contributed by atoms with E-state index in [0.29, 0.717) is 19.4 Å². The quantitative estimate of drug-likeness (QED) is 0.740. The molecule has 1 fully saturated rings. The van der Waals surface area contributed by atoms with Crippen LogP contribution in [0.3, 0.4) is 0 Å². The molecule has 4 rings (SSSR count). The predicted molar refractivity (Wildman–Crippen MR) is 106 cm³/mol. The lowest BCUT2D eigenvalue weighted by atomic mass is 9.91. The largest absolute Gasteiger partial charge is 0.469 e. The minimum Gasteiger partial charge on any atom is -0.469 e. The molecule has 0 saturated heterocycles. The Kier molecular flexibility index (Phi) is 5.37. The smallest absolute Gasteiger partial charge is 0.315 e. The highest BCUT2D eigenvalue weighted by Crippen LogP contribution is 2.34. The summed E-state index contributed by atoms with van der Waals surface area (Å²) in [4.78, 5) is 25.7. The van der Waals surface area contributed by atoms with Gasteiger partial charge in [0, 0.05) is 18.5 Å². The fourth-order valence-electron chi connectivity index (χ4n) is 4.36. The van der Waals surface area contributed by atoms with Crippen LogP contribution in [0.25, 0.3) is 0 Å². The van der Waals surface area contributed by atoms with Gasteiger partial charge in [-0.15, -0.1) is 0 Å². The van der Waals surface area contributed by atoms with E-state index in [-0.39, 0.29) is 18.0 Å². The highest BCUT2D eigenvalue weighted by atomic mass is 16.3. The van der Waals surface area contributed by atoms with Crippen LogP contribution in [0.2, 0.25) is 0 Å². The van der Waals surface area contributed by atoms with Gasteiger partial charge in [-0.2, -0.15) is 0 Å². The number of aryl methyl sites for hydroxylation is 1. The van der Waals surface area contributed by atoms with Gasteiger partial charge in [0.2, 0.25) is 5.91 Å². The molecule has 28 heavy (non-hydrogen) atoms. The summed E-state index contributed by atoms with van der Waals surface area (Å²) in [6.07, 6.45) is 7.71. The molecule has 3 amide bonds. The zero-order valence-electron chi connectivity index (χ0n) is 16.0. The Morgan fingerprint density at radius 2 is 1.86 bits per heavy atom. The van der Waals surface area contributed by atoms with Crippen molar-refractivity contribution in [3.63, 3.8) is 0 Å². The van der Waals surface area contributed by atoms with E-state index in [1.807, 2.05) is 36.4 Å². The Morgan fingerprint density at radius 3 is 2.64 bits per heavy atom. The average molecular weight is 381 g/mol. The second kappa shape index (κ2) is 8.09. The number of fused-ring (bicyclic) bond motifs is 1. The van der Waals surface area contributed by atoms with Crippen LogP contribution in [0.1, 0.15) is 61.5 Å². The summed E-state index contributed by atoms with van der Waals surface area (Å²) in [6.45, 7) is 0.436. The monoisotopic (exact) mass is 381 g/mol. The van der Waals surface area contributed by atoms with E-state index >= 15 is 0 Å². The molecule has 6 nitrogen and oxygen atoms in total. The first-order valence-electron chi connectivity index (χ1n) is 10.1. The first kappa shape index (κ1) is 18.6. The molecule has 1 aromatic heterocycles.